The number of benzene rings is 1. The number of piperidine rings is 1. The number of hydrogen-bond acceptors (Lipinski definition) is 4. The number of carbonyl (C=O) groups excluding carboxylic acids is 1. The Morgan fingerprint density at radius 1 is 1.37 bits per heavy atom. The second-order valence-corrected chi connectivity index (χ2v) is 7.69. The highest BCUT2D eigenvalue weighted by molar-refractivity contribution is 7.07. The zero-order chi connectivity index (χ0) is 18.8. The minimum atomic E-state index is -0.452. The van der Waals surface area contributed by atoms with Gasteiger partial charge in [-0.15, -0.1) is 11.3 Å². The summed E-state index contributed by atoms with van der Waals surface area (Å²) in [7, 11) is 0. The first kappa shape index (κ1) is 17.9. The van der Waals surface area contributed by atoms with Crippen molar-refractivity contribution < 1.29 is 9.18 Å². The molecule has 3 aromatic rings. The van der Waals surface area contributed by atoms with Crippen LogP contribution in [-0.2, 0) is 6.54 Å². The molecule has 4 rings (SSSR count). The highest BCUT2D eigenvalue weighted by Gasteiger charge is 2.29. The Bertz CT molecular complexity index is 937. The van der Waals surface area contributed by atoms with Crippen LogP contribution in [0.15, 0.2) is 41.5 Å². The van der Waals surface area contributed by atoms with Crippen molar-refractivity contribution >= 4 is 17.2 Å². The highest BCUT2D eigenvalue weighted by atomic mass is 32.1. The van der Waals surface area contributed by atoms with Crippen molar-refractivity contribution in [1.82, 2.24) is 19.4 Å². The molecule has 0 N–H and O–H groups in total. The van der Waals surface area contributed by atoms with Crippen molar-refractivity contribution in [1.29, 1.82) is 0 Å². The summed E-state index contributed by atoms with van der Waals surface area (Å²) in [6.07, 6.45) is 5.60. The van der Waals surface area contributed by atoms with Crippen LogP contribution in [0.5, 0.6) is 0 Å². The zero-order valence-electron chi connectivity index (χ0n) is 15.1. The molecule has 1 fully saturated rings. The average Bonchev–Trinajstić information content (AvgIpc) is 3.34. The number of aromatic nitrogens is 3. The molecule has 2 aromatic heterocycles. The van der Waals surface area contributed by atoms with Crippen molar-refractivity contribution in [3.63, 3.8) is 0 Å². The van der Waals surface area contributed by atoms with Gasteiger partial charge in [-0.1, -0.05) is 6.07 Å². The third-order valence-corrected chi connectivity index (χ3v) is 5.63. The largest absolute Gasteiger partial charge is 0.338 e. The molecular formula is C20H21FN4OS. The standard InChI is InChI=1S/C20H21FN4OS/c1-14-4-5-17(18(21)9-14)20(26)25-7-2-3-15(10-25)19-22-6-8-24(19)11-16-12-27-13-23-16/h4-6,8-9,12-13,15H,2-3,7,10-11H2,1H3/t15-/m1/s1. The molecule has 0 unspecified atom stereocenters. The van der Waals surface area contributed by atoms with Gasteiger partial charge in [0.2, 0.25) is 0 Å². The molecule has 1 amide bonds. The maximum absolute atomic E-state index is 14.2. The molecule has 1 aliphatic rings. The quantitative estimate of drug-likeness (QED) is 0.686. The third-order valence-electron chi connectivity index (χ3n) is 4.99. The van der Waals surface area contributed by atoms with Crippen LogP contribution in [0.3, 0.4) is 0 Å². The highest BCUT2D eigenvalue weighted by Crippen LogP contribution is 2.27. The molecule has 1 aliphatic heterocycles. The molecule has 1 atom stereocenters. The van der Waals surface area contributed by atoms with Gasteiger partial charge in [0.25, 0.3) is 5.91 Å². The van der Waals surface area contributed by atoms with E-state index in [2.05, 4.69) is 14.5 Å². The Kier molecular flexibility index (Phi) is 5.03. The molecule has 0 aliphatic carbocycles. The van der Waals surface area contributed by atoms with Crippen LogP contribution < -0.4 is 0 Å². The normalized spacial score (nSPS) is 17.3. The molecule has 0 bridgehead atoms. The Labute approximate surface area is 161 Å². The third kappa shape index (κ3) is 3.78. The molecule has 3 heterocycles. The van der Waals surface area contributed by atoms with Gasteiger partial charge in [0.15, 0.2) is 0 Å². The molecule has 1 saturated heterocycles. The molecule has 27 heavy (non-hydrogen) atoms. The van der Waals surface area contributed by atoms with Gasteiger partial charge in [0.1, 0.15) is 11.6 Å². The molecule has 0 radical (unpaired) electrons. The fraction of sp³-hybridized carbons (Fsp3) is 0.350. The number of halogens is 1. The van der Waals surface area contributed by atoms with Crippen LogP contribution >= 0.6 is 11.3 Å². The van der Waals surface area contributed by atoms with Gasteiger partial charge >= 0.3 is 0 Å². The number of carbonyl (C=O) groups is 1. The maximum atomic E-state index is 14.2. The van der Waals surface area contributed by atoms with Crippen LogP contribution in [0.1, 0.15) is 46.2 Å². The van der Waals surface area contributed by atoms with Crippen molar-refractivity contribution in [2.45, 2.75) is 32.2 Å². The van der Waals surface area contributed by atoms with E-state index in [1.54, 1.807) is 34.6 Å². The summed E-state index contributed by atoms with van der Waals surface area (Å²) >= 11 is 1.57. The van der Waals surface area contributed by atoms with Gasteiger partial charge in [0.05, 0.1) is 23.3 Å². The number of hydrogen-bond donors (Lipinski definition) is 0. The van der Waals surface area contributed by atoms with Gasteiger partial charge < -0.3 is 9.47 Å². The summed E-state index contributed by atoms with van der Waals surface area (Å²) in [5.74, 6) is 0.414. The summed E-state index contributed by atoms with van der Waals surface area (Å²) in [6, 6.07) is 4.77. The molecule has 1 aromatic carbocycles. The van der Waals surface area contributed by atoms with Gasteiger partial charge in [-0.2, -0.15) is 0 Å². The van der Waals surface area contributed by atoms with E-state index < -0.39 is 5.82 Å². The summed E-state index contributed by atoms with van der Waals surface area (Å²) in [5, 5.41) is 2.03. The van der Waals surface area contributed by atoms with Crippen LogP contribution in [0.4, 0.5) is 4.39 Å². The van der Waals surface area contributed by atoms with E-state index in [4.69, 9.17) is 0 Å². The van der Waals surface area contributed by atoms with E-state index in [9.17, 15) is 9.18 Å². The summed E-state index contributed by atoms with van der Waals surface area (Å²) in [6.45, 7) is 3.70. The number of thiazole rings is 1. The molecule has 5 nitrogen and oxygen atoms in total. The van der Waals surface area contributed by atoms with Gasteiger partial charge in [-0.3, -0.25) is 4.79 Å². The first-order valence-corrected chi connectivity index (χ1v) is 9.99. The fourth-order valence-electron chi connectivity index (χ4n) is 3.64. The topological polar surface area (TPSA) is 51.0 Å². The van der Waals surface area contributed by atoms with Crippen molar-refractivity contribution in [3.05, 3.63) is 69.9 Å². The molecule has 7 heteroatoms. The Balaban J connectivity index is 1.52. The van der Waals surface area contributed by atoms with E-state index >= 15 is 0 Å². The van der Waals surface area contributed by atoms with E-state index in [1.807, 2.05) is 24.0 Å². The van der Waals surface area contributed by atoms with Crippen molar-refractivity contribution in [3.8, 4) is 0 Å². The van der Waals surface area contributed by atoms with Crippen molar-refractivity contribution in [2.75, 3.05) is 13.1 Å². The van der Waals surface area contributed by atoms with E-state index in [0.717, 1.165) is 29.9 Å². The molecule has 0 spiro atoms. The summed E-state index contributed by atoms with van der Waals surface area (Å²) in [4.78, 5) is 23.5. The van der Waals surface area contributed by atoms with Crippen LogP contribution in [0.25, 0.3) is 0 Å². The summed E-state index contributed by atoms with van der Waals surface area (Å²) in [5.41, 5.74) is 3.78. The minimum absolute atomic E-state index is 0.143. The van der Waals surface area contributed by atoms with Crippen LogP contribution in [0.2, 0.25) is 0 Å². The Morgan fingerprint density at radius 2 is 2.26 bits per heavy atom. The van der Waals surface area contributed by atoms with Crippen LogP contribution in [0, 0.1) is 12.7 Å². The lowest BCUT2D eigenvalue weighted by molar-refractivity contribution is 0.0698. The number of aryl methyl sites for hydroxylation is 1. The molecule has 0 saturated carbocycles. The minimum Gasteiger partial charge on any atom is -0.338 e. The predicted molar refractivity (Wildman–Crippen MR) is 102 cm³/mol. The SMILES string of the molecule is Cc1ccc(C(=O)N2CCC[C@@H](c3nccn3Cc3cscn3)C2)c(F)c1. The first-order chi connectivity index (χ1) is 13.1. The van der Waals surface area contributed by atoms with E-state index in [1.165, 1.54) is 6.07 Å². The number of imidazole rings is 1. The smallest absolute Gasteiger partial charge is 0.256 e. The fourth-order valence-corrected chi connectivity index (χ4v) is 4.19. The first-order valence-electron chi connectivity index (χ1n) is 9.05. The monoisotopic (exact) mass is 384 g/mol. The second kappa shape index (κ2) is 7.60. The maximum Gasteiger partial charge on any atom is 0.256 e. The lowest BCUT2D eigenvalue weighted by Crippen LogP contribution is -2.40. The number of likely N-dealkylation sites (tertiary alicyclic amines) is 1. The van der Waals surface area contributed by atoms with E-state index in [0.29, 0.717) is 19.6 Å². The number of amides is 1. The van der Waals surface area contributed by atoms with Gasteiger partial charge in [-0.05, 0) is 37.5 Å². The summed E-state index contributed by atoms with van der Waals surface area (Å²) < 4.78 is 16.3. The van der Waals surface area contributed by atoms with E-state index in [-0.39, 0.29) is 17.4 Å². The average molecular weight is 384 g/mol. The molecule has 140 valence electrons. The Morgan fingerprint density at radius 3 is 3.04 bits per heavy atom. The van der Waals surface area contributed by atoms with Gasteiger partial charge in [-0.25, -0.2) is 14.4 Å². The van der Waals surface area contributed by atoms with Crippen molar-refractivity contribution in [2.24, 2.45) is 0 Å². The number of rotatable bonds is 4. The lowest BCUT2D eigenvalue weighted by atomic mass is 9.96. The Hall–Kier alpha value is -2.54. The van der Waals surface area contributed by atoms with Gasteiger partial charge in [0, 0.05) is 36.8 Å². The van der Waals surface area contributed by atoms with Crippen LogP contribution in [-0.4, -0.2) is 38.4 Å². The molecular weight excluding hydrogens is 363 g/mol. The second-order valence-electron chi connectivity index (χ2n) is 6.97. The lowest BCUT2D eigenvalue weighted by Gasteiger charge is -2.33. The number of nitrogens with zero attached hydrogens (tertiary/aromatic N) is 4. The predicted octanol–water partition coefficient (Wildman–Crippen LogP) is 3.86. The zero-order valence-corrected chi connectivity index (χ0v) is 16.0.